The quantitative estimate of drug-likeness (QED) is 0.339. The number of rotatable bonds is 4. The summed E-state index contributed by atoms with van der Waals surface area (Å²) in [4.78, 5) is 14.3. The first-order valence-corrected chi connectivity index (χ1v) is 7.48. The van der Waals surface area contributed by atoms with Gasteiger partial charge in [0.15, 0.2) is 0 Å². The van der Waals surface area contributed by atoms with Gasteiger partial charge in [-0.2, -0.15) is 0 Å². The monoisotopic (exact) mass is 347 g/mol. The third-order valence-corrected chi connectivity index (χ3v) is 4.23. The van der Waals surface area contributed by atoms with E-state index in [2.05, 4.69) is 34.7 Å². The first-order valence-electron chi connectivity index (χ1n) is 5.95. The van der Waals surface area contributed by atoms with Gasteiger partial charge in [-0.05, 0) is 31.8 Å². The lowest BCUT2D eigenvalue weighted by Gasteiger charge is -2.13. The fourth-order valence-corrected chi connectivity index (χ4v) is 3.21. The highest BCUT2D eigenvalue weighted by Gasteiger charge is 2.60. The minimum absolute atomic E-state index is 0.166. The van der Waals surface area contributed by atoms with Gasteiger partial charge in [0.05, 0.1) is 9.97 Å². The van der Waals surface area contributed by atoms with E-state index in [9.17, 15) is 4.79 Å². The summed E-state index contributed by atoms with van der Waals surface area (Å²) in [5.74, 6) is 0.295. The van der Waals surface area contributed by atoms with E-state index in [-0.39, 0.29) is 5.41 Å². The summed E-state index contributed by atoms with van der Waals surface area (Å²) in [7, 11) is 1.71. The summed E-state index contributed by atoms with van der Waals surface area (Å²) >= 11 is 2.26. The molecule has 1 saturated heterocycles. The summed E-state index contributed by atoms with van der Waals surface area (Å²) in [6.07, 6.45) is 7.15. The van der Waals surface area contributed by atoms with Crippen LogP contribution < -0.4 is 0 Å². The van der Waals surface area contributed by atoms with Gasteiger partial charge in [-0.25, -0.2) is 0 Å². The number of carbonyl (C=O) groups excluding carboxylic acids is 1. The molecule has 0 unspecified atom stereocenters. The van der Waals surface area contributed by atoms with Crippen molar-refractivity contribution in [2.75, 3.05) is 18.3 Å². The van der Waals surface area contributed by atoms with Crippen LogP contribution in [0.25, 0.3) is 0 Å². The summed E-state index contributed by atoms with van der Waals surface area (Å²) < 4.78 is 5.81. The van der Waals surface area contributed by atoms with Gasteiger partial charge in [0.2, 0.25) is 5.91 Å². The molecule has 0 aromatic rings. The summed E-state index contributed by atoms with van der Waals surface area (Å²) in [6.45, 7) is 2.72. The molecule has 0 N–H and O–H groups in total. The van der Waals surface area contributed by atoms with Gasteiger partial charge in [0, 0.05) is 19.4 Å². The van der Waals surface area contributed by atoms with Crippen molar-refractivity contribution < 1.29 is 9.53 Å². The van der Waals surface area contributed by atoms with Crippen molar-refractivity contribution in [2.45, 2.75) is 26.2 Å². The van der Waals surface area contributed by atoms with Crippen molar-refractivity contribution in [1.82, 2.24) is 4.90 Å². The second kappa shape index (κ2) is 5.10. The standard InChI is InChI=1S/C13H18INO2/c1-3-11-10(5-4-8-17-2)13(6-7-13)12(16)15(11)9-14/h3,5H,4,6-9H2,1-2H3/b10-5+,11-3+. The molecule has 0 radical (unpaired) electrons. The zero-order valence-corrected chi connectivity index (χ0v) is 12.5. The van der Waals surface area contributed by atoms with Gasteiger partial charge >= 0.3 is 0 Å². The summed E-state index contributed by atoms with van der Waals surface area (Å²) in [5, 5.41) is 0. The minimum Gasteiger partial charge on any atom is -0.384 e. The fourth-order valence-electron chi connectivity index (χ4n) is 2.53. The molecule has 3 nitrogen and oxygen atoms in total. The molecule has 2 aliphatic rings. The Balaban J connectivity index is 2.29. The van der Waals surface area contributed by atoms with Gasteiger partial charge in [0.1, 0.15) is 0 Å². The molecule has 17 heavy (non-hydrogen) atoms. The normalized spacial score (nSPS) is 26.5. The number of nitrogens with zero attached hydrogens (tertiary/aromatic N) is 1. The maximum Gasteiger partial charge on any atom is 0.238 e. The molecule has 1 heterocycles. The molecule has 1 amide bonds. The molecule has 94 valence electrons. The number of methoxy groups -OCH3 is 1. The van der Waals surface area contributed by atoms with Crippen molar-refractivity contribution in [3.05, 3.63) is 23.4 Å². The number of ether oxygens (including phenoxy) is 1. The number of halogens is 1. The lowest BCUT2D eigenvalue weighted by molar-refractivity contribution is -0.129. The van der Waals surface area contributed by atoms with Gasteiger partial charge in [-0.3, -0.25) is 4.79 Å². The molecule has 1 aliphatic heterocycles. The molecule has 1 spiro atoms. The lowest BCUT2D eigenvalue weighted by Crippen LogP contribution is -2.25. The molecular weight excluding hydrogens is 329 g/mol. The van der Waals surface area contributed by atoms with E-state index in [1.54, 1.807) is 7.11 Å². The minimum atomic E-state index is -0.166. The highest BCUT2D eigenvalue weighted by Crippen LogP contribution is 2.60. The van der Waals surface area contributed by atoms with Gasteiger partial charge in [-0.15, -0.1) is 0 Å². The Labute approximate surface area is 116 Å². The number of carbonyl (C=O) groups is 1. The summed E-state index contributed by atoms with van der Waals surface area (Å²) in [6, 6.07) is 0. The van der Waals surface area contributed by atoms with Crippen molar-refractivity contribution in [2.24, 2.45) is 5.41 Å². The molecule has 2 rings (SSSR count). The van der Waals surface area contributed by atoms with E-state index >= 15 is 0 Å². The van der Waals surface area contributed by atoms with Crippen molar-refractivity contribution in [1.29, 1.82) is 0 Å². The number of likely N-dealkylation sites (tertiary alicyclic amines) is 1. The van der Waals surface area contributed by atoms with Crippen LogP contribution in [-0.2, 0) is 9.53 Å². The molecule has 0 atom stereocenters. The first-order chi connectivity index (χ1) is 8.21. The molecular formula is C13H18INO2. The van der Waals surface area contributed by atoms with E-state index in [4.69, 9.17) is 4.74 Å². The maximum atomic E-state index is 12.3. The van der Waals surface area contributed by atoms with Gasteiger partial charge < -0.3 is 9.64 Å². The average Bonchev–Trinajstić information content (AvgIpc) is 3.09. The van der Waals surface area contributed by atoms with Crippen LogP contribution in [0.3, 0.4) is 0 Å². The number of allylic oxidation sites excluding steroid dienone is 2. The van der Waals surface area contributed by atoms with Crippen LogP contribution in [-0.4, -0.2) is 29.1 Å². The third kappa shape index (κ3) is 2.05. The Morgan fingerprint density at radius 2 is 2.24 bits per heavy atom. The molecule has 0 aromatic heterocycles. The zero-order valence-electron chi connectivity index (χ0n) is 10.3. The van der Waals surface area contributed by atoms with Crippen LogP contribution in [0.1, 0.15) is 26.2 Å². The number of alkyl halides is 1. The Kier molecular flexibility index (Phi) is 3.92. The molecule has 4 heteroatoms. The predicted molar refractivity (Wildman–Crippen MR) is 75.7 cm³/mol. The van der Waals surface area contributed by atoms with Gasteiger partial charge in [-0.1, -0.05) is 34.7 Å². The van der Waals surface area contributed by atoms with Crippen LogP contribution in [0, 0.1) is 5.41 Å². The molecule has 0 bridgehead atoms. The highest BCUT2D eigenvalue weighted by atomic mass is 127. The zero-order chi connectivity index (χ0) is 12.5. The van der Waals surface area contributed by atoms with Crippen LogP contribution in [0.2, 0.25) is 0 Å². The predicted octanol–water partition coefficient (Wildman–Crippen LogP) is 2.87. The van der Waals surface area contributed by atoms with Crippen LogP contribution in [0.4, 0.5) is 0 Å². The highest BCUT2D eigenvalue weighted by molar-refractivity contribution is 14.1. The fraction of sp³-hybridized carbons (Fsp3) is 0.615. The molecule has 1 aliphatic carbocycles. The molecule has 0 aromatic carbocycles. The van der Waals surface area contributed by atoms with Crippen molar-refractivity contribution >= 4 is 28.5 Å². The second-order valence-corrected chi connectivity index (χ2v) is 5.19. The number of hydrogen-bond acceptors (Lipinski definition) is 2. The summed E-state index contributed by atoms with van der Waals surface area (Å²) in [5.41, 5.74) is 2.18. The Hall–Kier alpha value is -0.360. The smallest absolute Gasteiger partial charge is 0.238 e. The Bertz CT molecular complexity index is 383. The average molecular weight is 347 g/mol. The van der Waals surface area contributed by atoms with E-state index in [1.165, 1.54) is 5.57 Å². The molecule has 2 fully saturated rings. The Morgan fingerprint density at radius 1 is 1.53 bits per heavy atom. The second-order valence-electron chi connectivity index (χ2n) is 4.51. The number of amides is 1. The van der Waals surface area contributed by atoms with E-state index in [0.717, 1.165) is 36.1 Å². The van der Waals surface area contributed by atoms with Gasteiger partial charge in [0.25, 0.3) is 0 Å². The largest absolute Gasteiger partial charge is 0.384 e. The van der Waals surface area contributed by atoms with Crippen LogP contribution >= 0.6 is 22.6 Å². The molecule has 1 saturated carbocycles. The lowest BCUT2D eigenvalue weighted by atomic mass is 9.96. The van der Waals surface area contributed by atoms with E-state index in [1.807, 2.05) is 11.8 Å². The van der Waals surface area contributed by atoms with Crippen molar-refractivity contribution in [3.8, 4) is 0 Å². The number of hydrogen-bond donors (Lipinski definition) is 0. The van der Waals surface area contributed by atoms with Crippen molar-refractivity contribution in [3.63, 3.8) is 0 Å². The topological polar surface area (TPSA) is 29.5 Å². The van der Waals surface area contributed by atoms with Crippen LogP contribution in [0.15, 0.2) is 23.4 Å². The maximum absolute atomic E-state index is 12.3. The van der Waals surface area contributed by atoms with Crippen LogP contribution in [0.5, 0.6) is 0 Å². The SMILES string of the molecule is C/C=C1\C(=C/CCOC)C2(CC2)C(=O)N1CI. The first kappa shape index (κ1) is 13.1. The Morgan fingerprint density at radius 3 is 2.71 bits per heavy atom. The van der Waals surface area contributed by atoms with E-state index in [0.29, 0.717) is 5.91 Å². The third-order valence-electron chi connectivity index (χ3n) is 3.55. The van der Waals surface area contributed by atoms with E-state index < -0.39 is 0 Å².